The molecule has 5 heteroatoms. The van der Waals surface area contributed by atoms with E-state index in [2.05, 4.69) is 17.1 Å². The van der Waals surface area contributed by atoms with Crippen LogP contribution in [-0.4, -0.2) is 32.6 Å². The minimum Gasteiger partial charge on any atom is -0.336 e. The van der Waals surface area contributed by atoms with Crippen LogP contribution in [0.15, 0.2) is 85.2 Å². The maximum atomic E-state index is 13.3. The van der Waals surface area contributed by atoms with Crippen LogP contribution < -0.4 is 0 Å². The molecule has 2 heterocycles. The summed E-state index contributed by atoms with van der Waals surface area (Å²) in [6, 6.07) is 23.9. The van der Waals surface area contributed by atoms with Crippen LogP contribution >= 0.6 is 0 Å². The molecular formula is C25H24N4O. The first kappa shape index (κ1) is 19.6. The molecule has 0 aliphatic rings. The fraction of sp³-hybridized carbons (Fsp3) is 0.160. The van der Waals surface area contributed by atoms with Crippen molar-refractivity contribution in [3.05, 3.63) is 108 Å². The Morgan fingerprint density at radius 3 is 2.40 bits per heavy atom. The van der Waals surface area contributed by atoms with Gasteiger partial charge in [0.2, 0.25) is 0 Å². The molecular weight excluding hydrogens is 372 g/mol. The van der Waals surface area contributed by atoms with Gasteiger partial charge in [-0.15, -0.1) is 0 Å². The van der Waals surface area contributed by atoms with E-state index in [1.165, 1.54) is 5.56 Å². The quantitative estimate of drug-likeness (QED) is 0.480. The van der Waals surface area contributed by atoms with Gasteiger partial charge in [-0.05, 0) is 24.6 Å². The molecule has 0 radical (unpaired) electrons. The van der Waals surface area contributed by atoms with Gasteiger partial charge < -0.3 is 4.90 Å². The van der Waals surface area contributed by atoms with Crippen LogP contribution in [0.5, 0.6) is 0 Å². The fourth-order valence-electron chi connectivity index (χ4n) is 3.37. The van der Waals surface area contributed by atoms with Gasteiger partial charge >= 0.3 is 0 Å². The number of aryl methyl sites for hydroxylation is 1. The summed E-state index contributed by atoms with van der Waals surface area (Å²) < 4.78 is 1.84. The maximum absolute atomic E-state index is 13.3. The van der Waals surface area contributed by atoms with Crippen LogP contribution in [0, 0.1) is 6.92 Å². The lowest BCUT2D eigenvalue weighted by Gasteiger charge is -2.16. The molecule has 0 unspecified atom stereocenters. The fourth-order valence-corrected chi connectivity index (χ4v) is 3.37. The molecule has 4 rings (SSSR count). The van der Waals surface area contributed by atoms with E-state index in [1.807, 2.05) is 78.5 Å². The van der Waals surface area contributed by atoms with Crippen molar-refractivity contribution in [3.8, 4) is 11.3 Å². The van der Waals surface area contributed by atoms with Crippen molar-refractivity contribution in [2.45, 2.75) is 20.0 Å². The van der Waals surface area contributed by atoms with Crippen molar-refractivity contribution < 1.29 is 4.79 Å². The standard InChI is InChI=1S/C25H24N4O/c1-19-11-13-21(14-12-19)24-23(18-29(27-24)16-20-8-4-3-5-9-20)25(30)28(2)17-22-10-6-7-15-26-22/h3-15,18H,16-17H2,1-2H3. The van der Waals surface area contributed by atoms with Gasteiger partial charge in [0, 0.05) is 25.0 Å². The lowest BCUT2D eigenvalue weighted by atomic mass is 10.1. The van der Waals surface area contributed by atoms with Gasteiger partial charge in [0.15, 0.2) is 0 Å². The van der Waals surface area contributed by atoms with E-state index in [9.17, 15) is 4.79 Å². The number of carbonyl (C=O) groups excluding carboxylic acids is 1. The number of amides is 1. The number of benzene rings is 2. The van der Waals surface area contributed by atoms with Gasteiger partial charge in [0.05, 0.1) is 24.3 Å². The van der Waals surface area contributed by atoms with Crippen LogP contribution in [0.3, 0.4) is 0 Å². The first-order valence-electron chi connectivity index (χ1n) is 9.94. The summed E-state index contributed by atoms with van der Waals surface area (Å²) in [6.07, 6.45) is 3.59. The molecule has 0 spiro atoms. The van der Waals surface area contributed by atoms with Gasteiger partial charge in [-0.1, -0.05) is 66.2 Å². The number of nitrogens with zero attached hydrogens (tertiary/aromatic N) is 4. The highest BCUT2D eigenvalue weighted by atomic mass is 16.2. The molecule has 0 aliphatic carbocycles. The van der Waals surface area contributed by atoms with Gasteiger partial charge in [-0.3, -0.25) is 14.5 Å². The van der Waals surface area contributed by atoms with E-state index >= 15 is 0 Å². The third kappa shape index (κ3) is 4.46. The van der Waals surface area contributed by atoms with E-state index in [1.54, 1.807) is 18.1 Å². The molecule has 150 valence electrons. The number of hydrogen-bond donors (Lipinski definition) is 0. The van der Waals surface area contributed by atoms with E-state index in [4.69, 9.17) is 5.10 Å². The Kier molecular flexibility index (Phi) is 5.70. The summed E-state index contributed by atoms with van der Waals surface area (Å²) in [5, 5.41) is 4.77. The van der Waals surface area contributed by atoms with Crippen LogP contribution in [-0.2, 0) is 13.1 Å². The molecule has 1 amide bonds. The Labute approximate surface area is 176 Å². The van der Waals surface area contributed by atoms with Crippen LogP contribution in [0.25, 0.3) is 11.3 Å². The summed E-state index contributed by atoms with van der Waals surface area (Å²) in [7, 11) is 1.80. The largest absolute Gasteiger partial charge is 0.336 e. The zero-order chi connectivity index (χ0) is 20.9. The summed E-state index contributed by atoms with van der Waals surface area (Å²) in [6.45, 7) is 3.10. The predicted octanol–water partition coefficient (Wildman–Crippen LogP) is 4.57. The second-order valence-electron chi connectivity index (χ2n) is 7.42. The van der Waals surface area contributed by atoms with Gasteiger partial charge in [-0.2, -0.15) is 5.10 Å². The predicted molar refractivity (Wildman–Crippen MR) is 118 cm³/mol. The van der Waals surface area contributed by atoms with E-state index in [-0.39, 0.29) is 5.91 Å². The van der Waals surface area contributed by atoms with Crippen LogP contribution in [0.4, 0.5) is 0 Å². The smallest absolute Gasteiger partial charge is 0.257 e. The highest BCUT2D eigenvalue weighted by Crippen LogP contribution is 2.24. The first-order valence-corrected chi connectivity index (χ1v) is 9.94. The molecule has 0 bridgehead atoms. The van der Waals surface area contributed by atoms with E-state index in [0.717, 1.165) is 16.8 Å². The lowest BCUT2D eigenvalue weighted by Crippen LogP contribution is -2.26. The average Bonchev–Trinajstić information content (AvgIpc) is 3.18. The van der Waals surface area contributed by atoms with Gasteiger partial charge in [-0.25, -0.2) is 0 Å². The Morgan fingerprint density at radius 1 is 0.967 bits per heavy atom. The Morgan fingerprint density at radius 2 is 1.70 bits per heavy atom. The average molecular weight is 396 g/mol. The second-order valence-corrected chi connectivity index (χ2v) is 7.42. The molecule has 0 atom stereocenters. The highest BCUT2D eigenvalue weighted by molar-refractivity contribution is 5.99. The van der Waals surface area contributed by atoms with Gasteiger partial charge in [0.1, 0.15) is 5.69 Å². The number of pyridine rings is 1. The van der Waals surface area contributed by atoms with Crippen LogP contribution in [0.1, 0.15) is 27.2 Å². The third-order valence-electron chi connectivity index (χ3n) is 4.98. The maximum Gasteiger partial charge on any atom is 0.257 e. The number of rotatable bonds is 6. The van der Waals surface area contributed by atoms with E-state index < -0.39 is 0 Å². The zero-order valence-electron chi connectivity index (χ0n) is 17.2. The SMILES string of the molecule is Cc1ccc(-c2nn(Cc3ccccc3)cc2C(=O)N(C)Cc2ccccn2)cc1. The normalized spacial score (nSPS) is 10.7. The first-order chi connectivity index (χ1) is 14.6. The molecule has 0 N–H and O–H groups in total. The lowest BCUT2D eigenvalue weighted by molar-refractivity contribution is 0.0784. The minimum absolute atomic E-state index is 0.0736. The van der Waals surface area contributed by atoms with Crippen molar-refractivity contribution in [1.82, 2.24) is 19.7 Å². The molecule has 0 aliphatic heterocycles. The summed E-state index contributed by atoms with van der Waals surface area (Å²) >= 11 is 0. The van der Waals surface area contributed by atoms with Crippen molar-refractivity contribution in [2.75, 3.05) is 7.05 Å². The summed E-state index contributed by atoms with van der Waals surface area (Å²) in [5.74, 6) is -0.0736. The molecule has 0 saturated carbocycles. The van der Waals surface area contributed by atoms with Crippen molar-refractivity contribution in [1.29, 1.82) is 0 Å². The third-order valence-corrected chi connectivity index (χ3v) is 4.98. The van der Waals surface area contributed by atoms with E-state index in [0.29, 0.717) is 24.3 Å². The minimum atomic E-state index is -0.0736. The molecule has 5 nitrogen and oxygen atoms in total. The molecule has 30 heavy (non-hydrogen) atoms. The molecule has 0 fully saturated rings. The Bertz CT molecular complexity index is 1120. The van der Waals surface area contributed by atoms with Crippen LogP contribution in [0.2, 0.25) is 0 Å². The number of aromatic nitrogens is 3. The van der Waals surface area contributed by atoms with Crippen molar-refractivity contribution >= 4 is 5.91 Å². The Balaban J connectivity index is 1.67. The summed E-state index contributed by atoms with van der Waals surface area (Å²) in [4.78, 5) is 19.3. The number of carbonyl (C=O) groups is 1. The zero-order valence-corrected chi connectivity index (χ0v) is 17.2. The van der Waals surface area contributed by atoms with Gasteiger partial charge in [0.25, 0.3) is 5.91 Å². The van der Waals surface area contributed by atoms with Crippen molar-refractivity contribution in [3.63, 3.8) is 0 Å². The number of hydrogen-bond acceptors (Lipinski definition) is 3. The second kappa shape index (κ2) is 8.74. The Hall–Kier alpha value is -3.73. The molecule has 2 aromatic carbocycles. The molecule has 2 aromatic heterocycles. The molecule has 4 aromatic rings. The monoisotopic (exact) mass is 396 g/mol. The topological polar surface area (TPSA) is 51.0 Å². The highest BCUT2D eigenvalue weighted by Gasteiger charge is 2.21. The summed E-state index contributed by atoms with van der Waals surface area (Å²) in [5.41, 5.74) is 5.37. The molecule has 0 saturated heterocycles. The van der Waals surface area contributed by atoms with Crippen molar-refractivity contribution in [2.24, 2.45) is 0 Å².